The second kappa shape index (κ2) is 12.7. The zero-order chi connectivity index (χ0) is 32.6. The molecule has 0 aromatic rings. The van der Waals surface area contributed by atoms with E-state index in [4.69, 9.17) is 42.6 Å². The molecule has 6 heterocycles. The van der Waals surface area contributed by atoms with Gasteiger partial charge in [0.15, 0.2) is 11.6 Å². The summed E-state index contributed by atoms with van der Waals surface area (Å²) in [6, 6.07) is 0. The maximum absolute atomic E-state index is 11.6. The van der Waals surface area contributed by atoms with E-state index in [-0.39, 0.29) is 96.4 Å². The molecule has 48 heavy (non-hydrogen) atoms. The van der Waals surface area contributed by atoms with Crippen molar-refractivity contribution in [2.75, 3.05) is 13.7 Å². The summed E-state index contributed by atoms with van der Waals surface area (Å²) in [5.41, 5.74) is -0.514. The van der Waals surface area contributed by atoms with Gasteiger partial charge in [-0.05, 0) is 57.8 Å². The summed E-state index contributed by atoms with van der Waals surface area (Å²) >= 11 is 0. The molecule has 0 aromatic carbocycles. The Morgan fingerprint density at radius 3 is 1.60 bits per heavy atom. The highest BCUT2D eigenvalue weighted by atomic mass is 16.8. The molecule has 6 aliphatic heterocycles. The molecule has 0 amide bonds. The fourth-order valence-electron chi connectivity index (χ4n) is 11.4. The highest BCUT2D eigenvalue weighted by Crippen LogP contribution is 2.57. The highest BCUT2D eigenvalue weighted by molar-refractivity contribution is 5.69. The van der Waals surface area contributed by atoms with Gasteiger partial charge < -0.3 is 47.7 Å². The van der Waals surface area contributed by atoms with Crippen molar-refractivity contribution in [1.82, 2.24) is 0 Å². The molecule has 4 saturated carbocycles. The van der Waals surface area contributed by atoms with Crippen LogP contribution >= 0.6 is 0 Å². The van der Waals surface area contributed by atoms with Gasteiger partial charge in [-0.15, -0.1) is 0 Å². The van der Waals surface area contributed by atoms with Crippen molar-refractivity contribution in [2.24, 2.45) is 0 Å². The van der Waals surface area contributed by atoms with E-state index in [2.05, 4.69) is 0 Å². The third-order valence-electron chi connectivity index (χ3n) is 13.5. The van der Waals surface area contributed by atoms with Crippen LogP contribution in [0.4, 0.5) is 0 Å². The third kappa shape index (κ3) is 5.70. The van der Waals surface area contributed by atoms with E-state index in [1.165, 1.54) is 45.6 Å². The van der Waals surface area contributed by atoms with Gasteiger partial charge in [0, 0.05) is 58.0 Å². The Balaban J connectivity index is 0.000000131. The first kappa shape index (κ1) is 33.0. The normalized spacial score (nSPS) is 49.0. The summed E-state index contributed by atoms with van der Waals surface area (Å²) in [7, 11) is 1.43. The minimum absolute atomic E-state index is 0.0389. The molecule has 11 heteroatoms. The van der Waals surface area contributed by atoms with Crippen molar-refractivity contribution in [3.63, 3.8) is 0 Å². The van der Waals surface area contributed by atoms with Gasteiger partial charge in [0.05, 0.1) is 73.6 Å². The van der Waals surface area contributed by atoms with Crippen LogP contribution in [0.15, 0.2) is 0 Å². The predicted octanol–water partition coefficient (Wildman–Crippen LogP) is 4.77. The summed E-state index contributed by atoms with van der Waals surface area (Å²) in [6.07, 6.45) is 20.6. The molecule has 0 radical (unpaired) electrons. The zero-order valence-electron chi connectivity index (χ0n) is 28.7. The van der Waals surface area contributed by atoms with Crippen LogP contribution in [-0.2, 0) is 47.4 Å². The molecule has 0 aromatic heterocycles. The van der Waals surface area contributed by atoms with E-state index in [9.17, 15) is 9.90 Å². The molecule has 6 saturated heterocycles. The van der Waals surface area contributed by atoms with Gasteiger partial charge in [-0.25, -0.2) is 0 Å². The van der Waals surface area contributed by atoms with Gasteiger partial charge in [-0.3, -0.25) is 4.79 Å². The van der Waals surface area contributed by atoms with Gasteiger partial charge in [0.1, 0.15) is 12.2 Å². The third-order valence-corrected chi connectivity index (χ3v) is 13.5. The Bertz CT molecular complexity index is 1190. The minimum Gasteiger partial charge on any atom is -0.469 e. The van der Waals surface area contributed by atoms with Crippen molar-refractivity contribution in [2.45, 2.75) is 212 Å². The van der Waals surface area contributed by atoms with Crippen LogP contribution < -0.4 is 0 Å². The van der Waals surface area contributed by atoms with Gasteiger partial charge in [0.2, 0.25) is 0 Å². The second-order valence-corrected chi connectivity index (χ2v) is 16.6. The van der Waals surface area contributed by atoms with Crippen LogP contribution in [0.2, 0.25) is 0 Å². The average Bonchev–Trinajstić information content (AvgIpc) is 3.80. The van der Waals surface area contributed by atoms with Crippen molar-refractivity contribution >= 4 is 5.97 Å². The van der Waals surface area contributed by atoms with E-state index in [1.807, 2.05) is 0 Å². The van der Waals surface area contributed by atoms with E-state index < -0.39 is 0 Å². The van der Waals surface area contributed by atoms with Gasteiger partial charge >= 0.3 is 5.97 Å². The SMILES string of the molecule is COC(=O)C[C@H]1CC[C@@H]2O[C@@H]3C[C@]2(C[C@H]2OC4(CCCCC4)OC32)O1.OCC[C@H]1CC[C@@H]2O[C@@H]3C[C@]2(C[C@H]2OC4(CCCCC4)OC32)O1. The molecule has 12 atom stereocenters. The van der Waals surface area contributed by atoms with Crippen molar-refractivity contribution in [3.8, 4) is 0 Å². The van der Waals surface area contributed by atoms with Crippen LogP contribution in [0, 0.1) is 0 Å². The monoisotopic (exact) mass is 676 g/mol. The molecule has 4 bridgehead atoms. The molecule has 1 N–H and O–H groups in total. The lowest BCUT2D eigenvalue weighted by atomic mass is 9.76. The Labute approximate surface area is 284 Å². The molecule has 11 nitrogen and oxygen atoms in total. The Morgan fingerprint density at radius 2 is 1.10 bits per heavy atom. The molecule has 4 spiro atoms. The molecule has 10 aliphatic rings. The Hall–Kier alpha value is -0.890. The molecular formula is C37H56O11. The van der Waals surface area contributed by atoms with Crippen molar-refractivity contribution < 1.29 is 52.5 Å². The maximum Gasteiger partial charge on any atom is 0.308 e. The number of hydrogen-bond donors (Lipinski definition) is 1. The molecule has 4 aliphatic carbocycles. The quantitative estimate of drug-likeness (QED) is 0.415. The number of ether oxygens (including phenoxy) is 9. The van der Waals surface area contributed by atoms with Crippen LogP contribution in [0.5, 0.6) is 0 Å². The number of methoxy groups -OCH3 is 1. The number of aliphatic hydroxyl groups is 1. The fourth-order valence-corrected chi connectivity index (χ4v) is 11.4. The van der Waals surface area contributed by atoms with Gasteiger partial charge in [0.25, 0.3) is 0 Å². The second-order valence-electron chi connectivity index (χ2n) is 16.6. The smallest absolute Gasteiger partial charge is 0.308 e. The number of fused-ring (bicyclic) bond motifs is 6. The van der Waals surface area contributed by atoms with Crippen LogP contribution in [0.3, 0.4) is 0 Å². The number of carbonyl (C=O) groups excluding carboxylic acids is 1. The van der Waals surface area contributed by atoms with Crippen LogP contribution in [0.25, 0.3) is 0 Å². The number of hydrogen-bond acceptors (Lipinski definition) is 11. The lowest BCUT2D eigenvalue weighted by molar-refractivity contribution is -0.216. The summed E-state index contributed by atoms with van der Waals surface area (Å²) in [4.78, 5) is 11.6. The lowest BCUT2D eigenvalue weighted by Crippen LogP contribution is -2.54. The number of carbonyl (C=O) groups is 1. The predicted molar refractivity (Wildman–Crippen MR) is 169 cm³/mol. The molecular weight excluding hydrogens is 620 g/mol. The number of aliphatic hydroxyl groups excluding tert-OH is 1. The molecule has 2 unspecified atom stereocenters. The van der Waals surface area contributed by atoms with Gasteiger partial charge in [-0.1, -0.05) is 12.8 Å². The standard InChI is InChI=1S/C19H28O6.C18H28O5/c1-21-16(20)9-12-5-6-15-18(23-12)10-13(22-15)17-14(11-18)24-19(25-17)7-3-2-4-8-19;19-9-6-12-4-5-15-17(21-12)10-13(20-15)16-14(11-17)22-18(23-16)7-2-1-3-8-18/h12-15,17H,2-11H2,1H3;12-16,19H,1-11H2/t12-,13-,14-,15+,17?,18-;12-,13-,14-,15+,16?,17-/m11/s1. The maximum atomic E-state index is 11.6. The Kier molecular flexibility index (Phi) is 8.69. The fraction of sp³-hybridized carbons (Fsp3) is 0.973. The summed E-state index contributed by atoms with van der Waals surface area (Å²) in [5.74, 6) is -0.925. The largest absolute Gasteiger partial charge is 0.469 e. The van der Waals surface area contributed by atoms with Gasteiger partial charge in [-0.2, -0.15) is 0 Å². The van der Waals surface area contributed by atoms with E-state index in [1.54, 1.807) is 0 Å². The first-order valence-corrected chi connectivity index (χ1v) is 19.4. The summed E-state index contributed by atoms with van der Waals surface area (Å²) in [5, 5.41) is 9.24. The average molecular weight is 677 g/mol. The summed E-state index contributed by atoms with van der Waals surface area (Å²) < 4.78 is 56.4. The first-order valence-electron chi connectivity index (χ1n) is 19.4. The van der Waals surface area contributed by atoms with E-state index in [0.29, 0.717) is 6.42 Å². The van der Waals surface area contributed by atoms with E-state index >= 15 is 0 Å². The highest BCUT2D eigenvalue weighted by Gasteiger charge is 2.67. The Morgan fingerprint density at radius 1 is 0.625 bits per heavy atom. The zero-order valence-corrected chi connectivity index (χ0v) is 28.7. The molecule has 270 valence electrons. The van der Waals surface area contributed by atoms with Crippen molar-refractivity contribution in [1.29, 1.82) is 0 Å². The van der Waals surface area contributed by atoms with Crippen LogP contribution in [-0.4, -0.2) is 109 Å². The van der Waals surface area contributed by atoms with Crippen LogP contribution in [0.1, 0.15) is 128 Å². The first-order chi connectivity index (χ1) is 23.3. The number of esters is 1. The number of rotatable bonds is 4. The van der Waals surface area contributed by atoms with Crippen molar-refractivity contribution in [3.05, 3.63) is 0 Å². The molecule has 10 rings (SSSR count). The summed E-state index contributed by atoms with van der Waals surface area (Å²) in [6.45, 7) is 0.199. The minimum atomic E-state index is -0.381. The van der Waals surface area contributed by atoms with E-state index in [0.717, 1.165) is 83.5 Å². The topological polar surface area (TPSA) is 120 Å². The molecule has 10 fully saturated rings. The lowest BCUT2D eigenvalue weighted by Gasteiger charge is -2.44.